The van der Waals surface area contributed by atoms with Gasteiger partial charge in [-0.3, -0.25) is 9.59 Å². The average molecular weight is 847 g/mol. The predicted octanol–water partition coefficient (Wildman–Crippen LogP) is 16.8. The third-order valence-electron chi connectivity index (χ3n) is 10.6. The Labute approximate surface area is 377 Å². The quantitative estimate of drug-likeness (QED) is 0.0375. The standard InChI is InChI=1S/C56H94O5/c1-3-5-7-9-11-13-15-17-19-21-22-23-24-25-26-27-28-29-30-31-32-33-34-35-37-39-41-43-45-47-49-51-56(59)61-54(52-57)53-60-55(58)50-48-46-44-42-40-38-36-20-18-16-14-12-10-8-6-4-2/h5,7,11,13-14,16-17,19-20,22-23,25-26,28-29,36,54,57H,3-4,6,8-10,12,15,18,21,24,27,30-35,37-53H2,1-2H3/b7-5-,13-11-,16-14-,19-17-,23-22-,26-25-,29-28-,36-20-. The summed E-state index contributed by atoms with van der Waals surface area (Å²) in [4.78, 5) is 24.4. The summed E-state index contributed by atoms with van der Waals surface area (Å²) in [6, 6.07) is 0. The zero-order chi connectivity index (χ0) is 44.2. The Hall–Kier alpha value is -3.18. The van der Waals surface area contributed by atoms with E-state index in [1.165, 1.54) is 109 Å². The molecule has 1 N–H and O–H groups in total. The first-order valence-electron chi connectivity index (χ1n) is 25.3. The van der Waals surface area contributed by atoms with Gasteiger partial charge >= 0.3 is 11.9 Å². The van der Waals surface area contributed by atoms with E-state index >= 15 is 0 Å². The van der Waals surface area contributed by atoms with Crippen LogP contribution in [0.5, 0.6) is 0 Å². The van der Waals surface area contributed by atoms with Crippen molar-refractivity contribution in [2.24, 2.45) is 0 Å². The van der Waals surface area contributed by atoms with Crippen LogP contribution in [0.4, 0.5) is 0 Å². The molecule has 5 heteroatoms. The lowest BCUT2D eigenvalue weighted by Crippen LogP contribution is -2.28. The number of aliphatic hydroxyl groups excluding tert-OH is 1. The Kier molecular flexibility index (Phi) is 48.5. The highest BCUT2D eigenvalue weighted by Crippen LogP contribution is 2.14. The van der Waals surface area contributed by atoms with E-state index in [9.17, 15) is 14.7 Å². The highest BCUT2D eigenvalue weighted by Gasteiger charge is 2.16. The number of ether oxygens (including phenoxy) is 2. The van der Waals surface area contributed by atoms with Crippen molar-refractivity contribution >= 4 is 11.9 Å². The second kappa shape index (κ2) is 51.2. The highest BCUT2D eigenvalue weighted by molar-refractivity contribution is 5.70. The molecule has 0 fully saturated rings. The van der Waals surface area contributed by atoms with Gasteiger partial charge < -0.3 is 14.6 Å². The van der Waals surface area contributed by atoms with Crippen LogP contribution in [0.15, 0.2) is 97.2 Å². The molecule has 0 amide bonds. The molecule has 5 nitrogen and oxygen atoms in total. The number of esters is 2. The molecule has 0 rings (SSSR count). The third-order valence-corrected chi connectivity index (χ3v) is 10.6. The molecule has 0 aliphatic heterocycles. The van der Waals surface area contributed by atoms with Crippen LogP contribution < -0.4 is 0 Å². The van der Waals surface area contributed by atoms with Crippen molar-refractivity contribution in [3.8, 4) is 0 Å². The normalized spacial score (nSPS) is 13.0. The summed E-state index contributed by atoms with van der Waals surface area (Å²) in [6.07, 6.45) is 72.1. The second-order valence-corrected chi connectivity index (χ2v) is 16.5. The molecule has 0 aromatic rings. The van der Waals surface area contributed by atoms with Gasteiger partial charge in [-0.2, -0.15) is 0 Å². The van der Waals surface area contributed by atoms with Crippen molar-refractivity contribution < 1.29 is 24.2 Å². The molecule has 0 bridgehead atoms. The Morgan fingerprint density at radius 3 is 1.07 bits per heavy atom. The Balaban J connectivity index is 3.55. The van der Waals surface area contributed by atoms with E-state index in [0.717, 1.165) is 89.9 Å². The van der Waals surface area contributed by atoms with E-state index in [-0.39, 0.29) is 25.2 Å². The molecule has 1 atom stereocenters. The Morgan fingerprint density at radius 2 is 0.705 bits per heavy atom. The van der Waals surface area contributed by atoms with Crippen LogP contribution in [0.3, 0.4) is 0 Å². The van der Waals surface area contributed by atoms with E-state index in [1.54, 1.807) is 0 Å². The summed E-state index contributed by atoms with van der Waals surface area (Å²) in [5, 5.41) is 9.62. The molecule has 1 unspecified atom stereocenters. The lowest BCUT2D eigenvalue weighted by atomic mass is 10.0. The minimum Gasteiger partial charge on any atom is -0.462 e. The van der Waals surface area contributed by atoms with Crippen molar-refractivity contribution in [3.63, 3.8) is 0 Å². The molecule has 0 aliphatic carbocycles. The minimum atomic E-state index is -0.784. The van der Waals surface area contributed by atoms with E-state index < -0.39 is 6.10 Å². The monoisotopic (exact) mass is 847 g/mol. The number of hydrogen-bond donors (Lipinski definition) is 1. The summed E-state index contributed by atoms with van der Waals surface area (Å²) in [6.45, 7) is 3.99. The van der Waals surface area contributed by atoms with Crippen LogP contribution in [0, 0.1) is 0 Å². The first kappa shape index (κ1) is 57.8. The molecule has 0 aromatic carbocycles. The molecule has 348 valence electrons. The number of rotatable bonds is 45. The van der Waals surface area contributed by atoms with Crippen LogP contribution in [0.2, 0.25) is 0 Å². The van der Waals surface area contributed by atoms with Gasteiger partial charge in [0.2, 0.25) is 0 Å². The first-order valence-corrected chi connectivity index (χ1v) is 25.3. The summed E-state index contributed by atoms with van der Waals surface area (Å²) in [7, 11) is 0. The van der Waals surface area contributed by atoms with Gasteiger partial charge in [0.05, 0.1) is 6.61 Å². The molecule has 0 saturated carbocycles. The van der Waals surface area contributed by atoms with Crippen LogP contribution in [-0.4, -0.2) is 36.4 Å². The summed E-state index contributed by atoms with van der Waals surface area (Å²) in [5.41, 5.74) is 0. The van der Waals surface area contributed by atoms with Crippen LogP contribution in [0.25, 0.3) is 0 Å². The van der Waals surface area contributed by atoms with E-state index in [2.05, 4.69) is 111 Å². The molecule has 0 spiro atoms. The predicted molar refractivity (Wildman–Crippen MR) is 265 cm³/mol. The molecule has 0 aromatic heterocycles. The fourth-order valence-corrected chi connectivity index (χ4v) is 6.82. The van der Waals surface area contributed by atoms with Crippen molar-refractivity contribution in [2.45, 2.75) is 232 Å². The number of carbonyl (C=O) groups excluding carboxylic acids is 2. The summed E-state index contributed by atoms with van der Waals surface area (Å²) >= 11 is 0. The average Bonchev–Trinajstić information content (AvgIpc) is 3.26. The van der Waals surface area contributed by atoms with Gasteiger partial charge in [0, 0.05) is 12.8 Å². The fraction of sp³-hybridized carbons (Fsp3) is 0.679. The maximum atomic E-state index is 12.3. The van der Waals surface area contributed by atoms with Gasteiger partial charge in [0.1, 0.15) is 6.61 Å². The first-order chi connectivity index (χ1) is 30.1. The number of carbonyl (C=O) groups is 2. The third kappa shape index (κ3) is 49.4. The van der Waals surface area contributed by atoms with E-state index in [0.29, 0.717) is 12.8 Å². The zero-order valence-electron chi connectivity index (χ0n) is 39.6. The Bertz CT molecular complexity index is 1190. The van der Waals surface area contributed by atoms with E-state index in [1.807, 2.05) is 0 Å². The minimum absolute atomic E-state index is 0.0776. The lowest BCUT2D eigenvalue weighted by molar-refractivity contribution is -0.161. The van der Waals surface area contributed by atoms with Gasteiger partial charge in [-0.1, -0.05) is 214 Å². The summed E-state index contributed by atoms with van der Waals surface area (Å²) < 4.78 is 10.7. The van der Waals surface area contributed by atoms with Gasteiger partial charge in [-0.15, -0.1) is 0 Å². The van der Waals surface area contributed by atoms with Crippen LogP contribution >= 0.6 is 0 Å². The number of hydrogen-bond acceptors (Lipinski definition) is 5. The number of allylic oxidation sites excluding steroid dienone is 16. The topological polar surface area (TPSA) is 72.8 Å². The van der Waals surface area contributed by atoms with Gasteiger partial charge in [-0.25, -0.2) is 0 Å². The van der Waals surface area contributed by atoms with Gasteiger partial charge in [0.25, 0.3) is 0 Å². The van der Waals surface area contributed by atoms with Crippen LogP contribution in [-0.2, 0) is 19.1 Å². The molecular weight excluding hydrogens is 753 g/mol. The SMILES string of the molecule is CC/C=C\C/C=C\C/C=C\C/C=C\C/C=C\C/C=C\CCCCCCCCCCCCCCC(=O)OC(CO)COC(=O)CCCCCCC/C=C\C/C=C\CCCCCC. The molecule has 0 saturated heterocycles. The van der Waals surface area contributed by atoms with Crippen molar-refractivity contribution in [3.05, 3.63) is 97.2 Å². The number of aliphatic hydroxyl groups is 1. The highest BCUT2D eigenvalue weighted by atomic mass is 16.6. The van der Waals surface area contributed by atoms with Gasteiger partial charge in [0.15, 0.2) is 6.10 Å². The molecule has 0 radical (unpaired) electrons. The van der Waals surface area contributed by atoms with Crippen molar-refractivity contribution in [2.75, 3.05) is 13.2 Å². The largest absolute Gasteiger partial charge is 0.462 e. The van der Waals surface area contributed by atoms with Crippen LogP contribution in [0.1, 0.15) is 226 Å². The van der Waals surface area contributed by atoms with Gasteiger partial charge in [-0.05, 0) is 96.3 Å². The maximum absolute atomic E-state index is 12.3. The van der Waals surface area contributed by atoms with Crippen molar-refractivity contribution in [1.82, 2.24) is 0 Å². The second-order valence-electron chi connectivity index (χ2n) is 16.5. The molecule has 61 heavy (non-hydrogen) atoms. The number of unbranched alkanes of at least 4 members (excludes halogenated alkanes) is 21. The molecule has 0 aliphatic rings. The van der Waals surface area contributed by atoms with Crippen molar-refractivity contribution in [1.29, 1.82) is 0 Å². The Morgan fingerprint density at radius 1 is 0.393 bits per heavy atom. The molecule has 0 heterocycles. The lowest BCUT2D eigenvalue weighted by Gasteiger charge is -2.15. The smallest absolute Gasteiger partial charge is 0.306 e. The van der Waals surface area contributed by atoms with E-state index in [4.69, 9.17) is 9.47 Å². The zero-order valence-corrected chi connectivity index (χ0v) is 39.6. The summed E-state index contributed by atoms with van der Waals surface area (Å²) in [5.74, 6) is -0.611. The molecular formula is C56H94O5. The fourth-order valence-electron chi connectivity index (χ4n) is 6.82. The maximum Gasteiger partial charge on any atom is 0.306 e.